The van der Waals surface area contributed by atoms with Crippen molar-refractivity contribution in [3.63, 3.8) is 0 Å². The average molecular weight is 301 g/mol. The number of rotatable bonds is 5. The first-order valence-electron chi connectivity index (χ1n) is 6.80. The van der Waals surface area contributed by atoms with Crippen molar-refractivity contribution in [2.75, 3.05) is 12.4 Å². The number of nitrogens with one attached hydrogen (secondary N) is 1. The van der Waals surface area contributed by atoms with Gasteiger partial charge >= 0.3 is 0 Å². The molecule has 1 amide bonds. The van der Waals surface area contributed by atoms with Crippen molar-refractivity contribution in [3.8, 4) is 5.75 Å². The summed E-state index contributed by atoms with van der Waals surface area (Å²) in [7, 11) is 1.62. The van der Waals surface area contributed by atoms with E-state index in [0.29, 0.717) is 10.8 Å². The number of amides is 1. The molecule has 4 heteroatoms. The van der Waals surface area contributed by atoms with Gasteiger partial charge in [0, 0.05) is 21.4 Å². The summed E-state index contributed by atoms with van der Waals surface area (Å²) in [5.74, 6) is 0.662. The summed E-state index contributed by atoms with van der Waals surface area (Å²) in [6.45, 7) is 4.27. The van der Waals surface area contributed by atoms with Gasteiger partial charge in [-0.2, -0.15) is 0 Å². The highest BCUT2D eigenvalue weighted by Gasteiger charge is 2.08. The highest BCUT2D eigenvalue weighted by atomic mass is 32.2. The Hall–Kier alpha value is -1.94. The fourth-order valence-electron chi connectivity index (χ4n) is 1.86. The van der Waals surface area contributed by atoms with Crippen molar-refractivity contribution in [2.24, 2.45) is 0 Å². The normalized spacial score (nSPS) is 10.5. The molecule has 0 fully saturated rings. The summed E-state index contributed by atoms with van der Waals surface area (Å²) in [4.78, 5) is 13.4. The van der Waals surface area contributed by atoms with Gasteiger partial charge in [0.15, 0.2) is 0 Å². The zero-order valence-corrected chi connectivity index (χ0v) is 13.2. The third kappa shape index (κ3) is 4.53. The Morgan fingerprint density at radius 1 is 1.14 bits per heavy atom. The van der Waals surface area contributed by atoms with E-state index in [-0.39, 0.29) is 5.91 Å². The maximum atomic E-state index is 12.3. The van der Waals surface area contributed by atoms with Crippen molar-refractivity contribution in [1.29, 1.82) is 0 Å². The molecule has 0 aliphatic carbocycles. The number of anilines is 1. The van der Waals surface area contributed by atoms with Crippen LogP contribution in [-0.4, -0.2) is 18.3 Å². The van der Waals surface area contributed by atoms with E-state index in [0.717, 1.165) is 16.3 Å². The van der Waals surface area contributed by atoms with Crippen LogP contribution < -0.4 is 10.1 Å². The van der Waals surface area contributed by atoms with Crippen molar-refractivity contribution in [2.45, 2.75) is 24.0 Å². The first kappa shape index (κ1) is 15.4. The van der Waals surface area contributed by atoms with Crippen LogP contribution >= 0.6 is 11.8 Å². The molecule has 0 saturated heterocycles. The predicted molar refractivity (Wildman–Crippen MR) is 88.4 cm³/mol. The van der Waals surface area contributed by atoms with E-state index in [1.165, 1.54) is 0 Å². The lowest BCUT2D eigenvalue weighted by atomic mass is 10.2. The van der Waals surface area contributed by atoms with Gasteiger partial charge in [0.25, 0.3) is 5.91 Å². The molecule has 110 valence electrons. The lowest BCUT2D eigenvalue weighted by molar-refractivity contribution is 0.102. The summed E-state index contributed by atoms with van der Waals surface area (Å²) in [5.41, 5.74) is 1.42. The summed E-state index contributed by atoms with van der Waals surface area (Å²) in [6, 6.07) is 15.0. The molecular weight excluding hydrogens is 282 g/mol. The second-order valence-corrected chi connectivity index (χ2v) is 6.53. The Morgan fingerprint density at radius 3 is 2.48 bits per heavy atom. The molecule has 0 spiro atoms. The summed E-state index contributed by atoms with van der Waals surface area (Å²) >= 11 is 1.74. The highest BCUT2D eigenvalue weighted by Crippen LogP contribution is 2.24. The summed E-state index contributed by atoms with van der Waals surface area (Å²) in [5, 5.41) is 3.38. The Morgan fingerprint density at radius 2 is 1.86 bits per heavy atom. The number of carbonyl (C=O) groups is 1. The van der Waals surface area contributed by atoms with Gasteiger partial charge < -0.3 is 10.1 Å². The van der Waals surface area contributed by atoms with Gasteiger partial charge in [-0.1, -0.05) is 19.9 Å². The molecule has 0 bridgehead atoms. The Labute approximate surface area is 129 Å². The van der Waals surface area contributed by atoms with Crippen LogP contribution in [-0.2, 0) is 0 Å². The van der Waals surface area contributed by atoms with Gasteiger partial charge in [-0.25, -0.2) is 0 Å². The van der Waals surface area contributed by atoms with Crippen LogP contribution in [0.25, 0.3) is 0 Å². The molecule has 0 radical (unpaired) electrons. The van der Waals surface area contributed by atoms with E-state index in [1.807, 2.05) is 48.5 Å². The number of thioether (sulfide) groups is 1. The zero-order chi connectivity index (χ0) is 15.2. The van der Waals surface area contributed by atoms with Crippen molar-refractivity contribution in [3.05, 3.63) is 54.1 Å². The van der Waals surface area contributed by atoms with Gasteiger partial charge in [0.05, 0.1) is 7.11 Å². The molecular formula is C17H19NO2S. The monoisotopic (exact) mass is 301 g/mol. The fraction of sp³-hybridized carbons (Fsp3) is 0.235. The fourth-order valence-corrected chi connectivity index (χ4v) is 2.76. The molecule has 0 atom stereocenters. The number of carbonyl (C=O) groups excluding carboxylic acids is 1. The van der Waals surface area contributed by atoms with E-state index in [9.17, 15) is 4.79 Å². The lowest BCUT2D eigenvalue weighted by Gasteiger charge is -2.09. The SMILES string of the molecule is COc1ccc(NC(=O)c2cccc(SC(C)C)c2)cc1. The Balaban J connectivity index is 2.08. The molecule has 2 rings (SSSR count). The maximum absolute atomic E-state index is 12.3. The minimum absolute atomic E-state index is 0.105. The van der Waals surface area contributed by atoms with E-state index in [4.69, 9.17) is 4.74 Å². The van der Waals surface area contributed by atoms with Crippen LogP contribution in [0.2, 0.25) is 0 Å². The first-order chi connectivity index (χ1) is 10.1. The van der Waals surface area contributed by atoms with E-state index in [2.05, 4.69) is 19.2 Å². The molecule has 0 aliphatic rings. The van der Waals surface area contributed by atoms with Crippen molar-refractivity contribution >= 4 is 23.4 Å². The van der Waals surface area contributed by atoms with Crippen molar-refractivity contribution in [1.82, 2.24) is 0 Å². The molecule has 0 unspecified atom stereocenters. The van der Waals surface area contributed by atoms with Crippen LogP contribution in [0.1, 0.15) is 24.2 Å². The minimum Gasteiger partial charge on any atom is -0.497 e. The van der Waals surface area contributed by atoms with Gasteiger partial charge in [-0.15, -0.1) is 11.8 Å². The molecule has 0 saturated carbocycles. The van der Waals surface area contributed by atoms with Crippen LogP contribution in [0.4, 0.5) is 5.69 Å². The molecule has 21 heavy (non-hydrogen) atoms. The quantitative estimate of drug-likeness (QED) is 0.829. The second kappa shape index (κ2) is 7.18. The predicted octanol–water partition coefficient (Wildman–Crippen LogP) is 4.45. The maximum Gasteiger partial charge on any atom is 0.255 e. The number of hydrogen-bond donors (Lipinski definition) is 1. The topological polar surface area (TPSA) is 38.3 Å². The van der Waals surface area contributed by atoms with Crippen molar-refractivity contribution < 1.29 is 9.53 Å². The molecule has 3 nitrogen and oxygen atoms in total. The number of methoxy groups -OCH3 is 1. The Kier molecular flexibility index (Phi) is 5.28. The summed E-state index contributed by atoms with van der Waals surface area (Å²) < 4.78 is 5.10. The average Bonchev–Trinajstić information content (AvgIpc) is 2.47. The van der Waals surface area contributed by atoms with Crippen LogP contribution in [0.3, 0.4) is 0 Å². The third-order valence-corrected chi connectivity index (χ3v) is 3.81. The van der Waals surface area contributed by atoms with Gasteiger partial charge in [0.2, 0.25) is 0 Å². The Bertz CT molecular complexity index is 608. The van der Waals surface area contributed by atoms with E-state index >= 15 is 0 Å². The molecule has 2 aromatic rings. The zero-order valence-electron chi connectivity index (χ0n) is 12.4. The first-order valence-corrected chi connectivity index (χ1v) is 7.68. The molecule has 2 aromatic carbocycles. The highest BCUT2D eigenvalue weighted by molar-refractivity contribution is 7.99. The summed E-state index contributed by atoms with van der Waals surface area (Å²) in [6.07, 6.45) is 0. The second-order valence-electron chi connectivity index (χ2n) is 4.88. The third-order valence-electron chi connectivity index (χ3n) is 2.82. The van der Waals surface area contributed by atoms with E-state index in [1.54, 1.807) is 18.9 Å². The number of ether oxygens (including phenoxy) is 1. The van der Waals surface area contributed by atoms with Gasteiger partial charge in [-0.3, -0.25) is 4.79 Å². The molecule has 0 aliphatic heterocycles. The number of benzene rings is 2. The van der Waals surface area contributed by atoms with Crippen LogP contribution in [0, 0.1) is 0 Å². The number of hydrogen-bond acceptors (Lipinski definition) is 3. The van der Waals surface area contributed by atoms with Gasteiger partial charge in [-0.05, 0) is 42.5 Å². The lowest BCUT2D eigenvalue weighted by Crippen LogP contribution is -2.11. The van der Waals surface area contributed by atoms with Crippen LogP contribution in [0.15, 0.2) is 53.4 Å². The molecule has 1 N–H and O–H groups in total. The molecule has 0 aromatic heterocycles. The molecule has 0 heterocycles. The minimum atomic E-state index is -0.105. The van der Waals surface area contributed by atoms with E-state index < -0.39 is 0 Å². The standard InChI is InChI=1S/C17H19NO2S/c1-12(2)21-16-6-4-5-13(11-16)17(19)18-14-7-9-15(20-3)10-8-14/h4-12H,1-3H3,(H,18,19). The smallest absolute Gasteiger partial charge is 0.255 e. The van der Waals surface area contributed by atoms with Gasteiger partial charge in [0.1, 0.15) is 5.75 Å². The van der Waals surface area contributed by atoms with Crippen LogP contribution in [0.5, 0.6) is 5.75 Å². The largest absolute Gasteiger partial charge is 0.497 e.